The lowest BCUT2D eigenvalue weighted by molar-refractivity contribution is 0.0941. The molecule has 0 unspecified atom stereocenters. The summed E-state index contributed by atoms with van der Waals surface area (Å²) in [4.78, 5) is 20.7. The molecule has 3 aromatic rings. The topological polar surface area (TPSA) is 71.5 Å². The van der Waals surface area contributed by atoms with E-state index >= 15 is 0 Å². The van der Waals surface area contributed by atoms with Gasteiger partial charge in [-0.2, -0.15) is 5.10 Å². The number of amides is 1. The first kappa shape index (κ1) is 18.4. The van der Waals surface area contributed by atoms with Gasteiger partial charge in [0, 0.05) is 43.1 Å². The van der Waals surface area contributed by atoms with E-state index in [0.717, 1.165) is 27.8 Å². The number of ether oxygens (including phenoxy) is 1. The van der Waals surface area contributed by atoms with Crippen LogP contribution in [0.3, 0.4) is 0 Å². The molecule has 4 rings (SSSR count). The third-order valence-electron chi connectivity index (χ3n) is 4.86. The van der Waals surface area contributed by atoms with Crippen molar-refractivity contribution in [1.29, 1.82) is 0 Å². The third kappa shape index (κ3) is 3.84. The summed E-state index contributed by atoms with van der Waals surface area (Å²) < 4.78 is 5.42. The Balaban J connectivity index is 1.38. The zero-order valence-corrected chi connectivity index (χ0v) is 16.3. The predicted octanol–water partition coefficient (Wildman–Crippen LogP) is 3.45. The molecule has 7 nitrogen and oxygen atoms in total. The molecular formula is C20H20ClN5O2. The highest BCUT2D eigenvalue weighted by Crippen LogP contribution is 2.26. The first-order chi connectivity index (χ1) is 13.6. The minimum atomic E-state index is -0.288. The number of aromatic nitrogens is 3. The van der Waals surface area contributed by atoms with E-state index in [9.17, 15) is 4.79 Å². The molecule has 1 aromatic carbocycles. The van der Waals surface area contributed by atoms with E-state index in [-0.39, 0.29) is 12.7 Å². The molecule has 144 valence electrons. The van der Waals surface area contributed by atoms with Crippen LogP contribution in [0, 0.1) is 6.92 Å². The van der Waals surface area contributed by atoms with Crippen LogP contribution in [0.25, 0.3) is 10.8 Å². The number of anilines is 1. The van der Waals surface area contributed by atoms with Crippen molar-refractivity contribution >= 4 is 34.3 Å². The Kier molecular flexibility index (Phi) is 5.25. The summed E-state index contributed by atoms with van der Waals surface area (Å²) in [6.07, 6.45) is 1.49. The number of carbonyl (C=O) groups is 1. The standard InChI is InChI=1S/C20H20ClN5O2/c1-14-17-12-22-18(11-16(17)19(21)24-23-14)25-7-9-26(10-8-25)20(27)28-13-15-5-3-2-4-6-15/h2-6,11-12H,7-10,13H2,1H3. The number of halogens is 1. The van der Waals surface area contributed by atoms with Crippen molar-refractivity contribution in [2.45, 2.75) is 13.5 Å². The maximum Gasteiger partial charge on any atom is 0.410 e. The van der Waals surface area contributed by atoms with Gasteiger partial charge in [0.25, 0.3) is 0 Å². The van der Waals surface area contributed by atoms with Crippen LogP contribution in [0.1, 0.15) is 11.3 Å². The molecule has 0 aliphatic carbocycles. The van der Waals surface area contributed by atoms with E-state index < -0.39 is 0 Å². The molecule has 0 bridgehead atoms. The van der Waals surface area contributed by atoms with Crippen molar-refractivity contribution in [3.63, 3.8) is 0 Å². The number of carbonyl (C=O) groups excluding carboxylic acids is 1. The lowest BCUT2D eigenvalue weighted by atomic mass is 10.2. The molecule has 28 heavy (non-hydrogen) atoms. The smallest absolute Gasteiger partial charge is 0.410 e. The molecule has 1 aliphatic rings. The highest BCUT2D eigenvalue weighted by Gasteiger charge is 2.23. The zero-order chi connectivity index (χ0) is 19.5. The largest absolute Gasteiger partial charge is 0.445 e. The normalized spacial score (nSPS) is 14.4. The van der Waals surface area contributed by atoms with Crippen molar-refractivity contribution in [2.24, 2.45) is 0 Å². The second-order valence-corrected chi connectivity index (χ2v) is 7.04. The average Bonchev–Trinajstić information content (AvgIpc) is 2.75. The van der Waals surface area contributed by atoms with E-state index in [1.54, 1.807) is 11.1 Å². The van der Waals surface area contributed by atoms with Gasteiger partial charge < -0.3 is 14.5 Å². The lowest BCUT2D eigenvalue weighted by Gasteiger charge is -2.34. The molecule has 1 amide bonds. The van der Waals surface area contributed by atoms with Crippen LogP contribution in [0.4, 0.5) is 10.6 Å². The Hall–Kier alpha value is -2.93. The molecule has 0 spiro atoms. The molecule has 0 radical (unpaired) electrons. The van der Waals surface area contributed by atoms with Crippen LogP contribution in [0.5, 0.6) is 0 Å². The molecular weight excluding hydrogens is 378 g/mol. The van der Waals surface area contributed by atoms with E-state index in [1.165, 1.54) is 0 Å². The van der Waals surface area contributed by atoms with E-state index in [1.807, 2.05) is 43.3 Å². The van der Waals surface area contributed by atoms with Gasteiger partial charge in [0.05, 0.1) is 5.69 Å². The molecule has 3 heterocycles. The quantitative estimate of drug-likeness (QED) is 0.674. The number of fused-ring (bicyclic) bond motifs is 1. The summed E-state index contributed by atoms with van der Waals surface area (Å²) in [5.74, 6) is 0.819. The first-order valence-corrected chi connectivity index (χ1v) is 9.49. The Labute approximate surface area is 167 Å². The molecule has 0 N–H and O–H groups in total. The Morgan fingerprint density at radius 2 is 1.86 bits per heavy atom. The first-order valence-electron chi connectivity index (χ1n) is 9.11. The minimum absolute atomic E-state index is 0.283. The predicted molar refractivity (Wildman–Crippen MR) is 107 cm³/mol. The number of hydrogen-bond acceptors (Lipinski definition) is 6. The second kappa shape index (κ2) is 7.98. The molecule has 0 atom stereocenters. The minimum Gasteiger partial charge on any atom is -0.445 e. The lowest BCUT2D eigenvalue weighted by Crippen LogP contribution is -2.49. The Morgan fingerprint density at radius 3 is 2.61 bits per heavy atom. The van der Waals surface area contributed by atoms with E-state index in [4.69, 9.17) is 16.3 Å². The van der Waals surface area contributed by atoms with E-state index in [2.05, 4.69) is 20.1 Å². The summed E-state index contributed by atoms with van der Waals surface area (Å²) >= 11 is 6.20. The number of benzene rings is 1. The van der Waals surface area contributed by atoms with Gasteiger partial charge in [-0.15, -0.1) is 5.10 Å². The molecule has 2 aromatic heterocycles. The number of hydrogen-bond donors (Lipinski definition) is 0. The molecule has 1 aliphatic heterocycles. The second-order valence-electron chi connectivity index (χ2n) is 6.68. The van der Waals surface area contributed by atoms with Crippen LogP contribution in [0.15, 0.2) is 42.6 Å². The monoisotopic (exact) mass is 397 g/mol. The van der Waals surface area contributed by atoms with Crippen LogP contribution in [-0.2, 0) is 11.3 Å². The fraction of sp³-hybridized carbons (Fsp3) is 0.300. The van der Waals surface area contributed by atoms with Crippen LogP contribution in [0.2, 0.25) is 5.15 Å². The SMILES string of the molecule is Cc1nnc(Cl)c2cc(N3CCN(C(=O)OCc4ccccc4)CC3)ncc12. The molecule has 0 saturated carbocycles. The maximum absolute atomic E-state index is 12.3. The summed E-state index contributed by atoms with van der Waals surface area (Å²) in [6.45, 7) is 4.67. The summed E-state index contributed by atoms with van der Waals surface area (Å²) in [5.41, 5.74) is 1.77. The van der Waals surface area contributed by atoms with Crippen molar-refractivity contribution in [3.8, 4) is 0 Å². The van der Waals surface area contributed by atoms with Gasteiger partial charge >= 0.3 is 6.09 Å². The van der Waals surface area contributed by atoms with Gasteiger partial charge in [0.15, 0.2) is 5.15 Å². The summed E-state index contributed by atoms with van der Waals surface area (Å²) in [7, 11) is 0. The fourth-order valence-corrected chi connectivity index (χ4v) is 3.43. The highest BCUT2D eigenvalue weighted by atomic mass is 35.5. The fourth-order valence-electron chi connectivity index (χ4n) is 3.23. The molecule has 8 heteroatoms. The Bertz CT molecular complexity index is 991. The van der Waals surface area contributed by atoms with Gasteiger partial charge in [-0.3, -0.25) is 0 Å². The number of piperazine rings is 1. The number of rotatable bonds is 3. The number of pyridine rings is 1. The number of nitrogens with zero attached hydrogens (tertiary/aromatic N) is 5. The van der Waals surface area contributed by atoms with Gasteiger partial charge in [0.2, 0.25) is 0 Å². The van der Waals surface area contributed by atoms with Crippen molar-refractivity contribution in [1.82, 2.24) is 20.1 Å². The summed E-state index contributed by atoms with van der Waals surface area (Å²) in [6, 6.07) is 11.6. The van der Waals surface area contributed by atoms with Crippen LogP contribution < -0.4 is 4.90 Å². The Morgan fingerprint density at radius 1 is 1.11 bits per heavy atom. The summed E-state index contributed by atoms with van der Waals surface area (Å²) in [5, 5.41) is 10.1. The van der Waals surface area contributed by atoms with Crippen molar-refractivity contribution < 1.29 is 9.53 Å². The van der Waals surface area contributed by atoms with Gasteiger partial charge in [-0.25, -0.2) is 9.78 Å². The highest BCUT2D eigenvalue weighted by molar-refractivity contribution is 6.34. The van der Waals surface area contributed by atoms with Gasteiger partial charge in [-0.1, -0.05) is 41.9 Å². The number of aryl methyl sites for hydroxylation is 1. The maximum atomic E-state index is 12.3. The van der Waals surface area contributed by atoms with Crippen molar-refractivity contribution in [2.75, 3.05) is 31.1 Å². The molecule has 1 fully saturated rings. The third-order valence-corrected chi connectivity index (χ3v) is 5.14. The van der Waals surface area contributed by atoms with Crippen LogP contribution >= 0.6 is 11.6 Å². The average molecular weight is 398 g/mol. The molecule has 1 saturated heterocycles. The van der Waals surface area contributed by atoms with Crippen LogP contribution in [-0.4, -0.2) is 52.4 Å². The van der Waals surface area contributed by atoms with Crippen molar-refractivity contribution in [3.05, 3.63) is 59.0 Å². The van der Waals surface area contributed by atoms with Gasteiger partial charge in [0.1, 0.15) is 12.4 Å². The van der Waals surface area contributed by atoms with Gasteiger partial charge in [-0.05, 0) is 18.6 Å². The zero-order valence-electron chi connectivity index (χ0n) is 15.5. The van der Waals surface area contributed by atoms with E-state index in [0.29, 0.717) is 31.3 Å².